The molecule has 0 saturated carbocycles. The maximum absolute atomic E-state index is 7.50. The van der Waals surface area contributed by atoms with Gasteiger partial charge in [0.25, 0.3) is 0 Å². The van der Waals surface area contributed by atoms with Crippen LogP contribution in [0.2, 0.25) is 0 Å². The van der Waals surface area contributed by atoms with E-state index in [0.717, 1.165) is 23.2 Å². The Kier molecular flexibility index (Phi) is 58.5. The number of allylic oxidation sites excluding steroid dienone is 1. The summed E-state index contributed by atoms with van der Waals surface area (Å²) in [4.78, 5) is 0. The molecular weight excluding hydrogens is 380 g/mol. The molecule has 0 aliphatic heterocycles. The SMILES string of the molecule is CO[C](=[Cr])CC/C=C/COc1ccccc1.[C-]#[O+].[C-]#[O+].[C-]#[O+].[C-]#[O+].[C-]#[O+]. The Morgan fingerprint density at radius 3 is 1.77 bits per heavy atom. The predicted octanol–water partition coefficient (Wildman–Crippen LogP) is 2.54. The van der Waals surface area contributed by atoms with Crippen molar-refractivity contribution in [3.63, 3.8) is 0 Å². The van der Waals surface area contributed by atoms with Crippen LogP contribution in [0.3, 0.4) is 0 Å². The monoisotopic (exact) mass is 396 g/mol. The number of methoxy groups -OCH3 is 1. The van der Waals surface area contributed by atoms with Crippen LogP contribution in [-0.2, 0) is 43.8 Å². The van der Waals surface area contributed by atoms with Gasteiger partial charge in [-0.25, -0.2) is 0 Å². The fraction of sp³-hybridized carbons (Fsp3) is 0.222. The van der Waals surface area contributed by atoms with Crippen LogP contribution in [0.4, 0.5) is 0 Å². The van der Waals surface area contributed by atoms with E-state index in [2.05, 4.69) is 55.2 Å². The van der Waals surface area contributed by atoms with Gasteiger partial charge in [0.15, 0.2) is 0 Å². The number of para-hydroxylation sites is 1. The Morgan fingerprint density at radius 1 is 0.885 bits per heavy atom. The summed E-state index contributed by atoms with van der Waals surface area (Å²) in [7, 11) is 1.67. The van der Waals surface area contributed by atoms with Crippen LogP contribution in [-0.4, -0.2) is 18.3 Å². The number of benzene rings is 1. The summed E-state index contributed by atoms with van der Waals surface area (Å²) in [5.41, 5.74) is 0. The van der Waals surface area contributed by atoms with Crippen molar-refractivity contribution in [2.24, 2.45) is 0 Å². The molecule has 26 heavy (non-hydrogen) atoms. The van der Waals surface area contributed by atoms with Crippen LogP contribution >= 0.6 is 0 Å². The Bertz CT molecular complexity index is 493. The van der Waals surface area contributed by atoms with E-state index in [0.29, 0.717) is 6.61 Å². The first kappa shape index (κ1) is 35.0. The molecule has 0 amide bonds. The molecule has 0 aliphatic rings. The Hall–Kier alpha value is -2.18. The van der Waals surface area contributed by atoms with Crippen LogP contribution in [0.5, 0.6) is 5.75 Å². The first-order valence-corrected chi connectivity index (χ1v) is 6.88. The Labute approximate surface area is 161 Å². The number of rotatable bonds is 7. The summed E-state index contributed by atoms with van der Waals surface area (Å²) in [6, 6.07) is 9.80. The van der Waals surface area contributed by atoms with Crippen molar-refractivity contribution in [3.8, 4) is 5.75 Å². The first-order chi connectivity index (χ1) is 12.8. The number of hydrogen-bond acceptors (Lipinski definition) is 2. The average molecular weight is 396 g/mol. The van der Waals surface area contributed by atoms with Gasteiger partial charge >= 0.3 is 161 Å². The molecule has 0 saturated heterocycles. The van der Waals surface area contributed by atoms with Gasteiger partial charge in [-0.1, -0.05) is 0 Å². The minimum atomic E-state index is 0.611. The molecule has 0 atom stereocenters. The molecule has 0 heterocycles. The van der Waals surface area contributed by atoms with Crippen LogP contribution in [0.1, 0.15) is 12.8 Å². The van der Waals surface area contributed by atoms with E-state index in [1.54, 1.807) is 7.11 Å². The molecule has 1 aromatic carbocycles. The van der Waals surface area contributed by atoms with Crippen molar-refractivity contribution in [1.82, 2.24) is 0 Å². The van der Waals surface area contributed by atoms with Gasteiger partial charge in [-0.3, -0.25) is 0 Å². The molecule has 0 radical (unpaired) electrons. The molecule has 7 nitrogen and oxygen atoms in total. The predicted molar refractivity (Wildman–Crippen MR) is 82.0 cm³/mol. The zero-order valence-electron chi connectivity index (χ0n) is 13.9. The third kappa shape index (κ3) is 33.4. The maximum atomic E-state index is 7.50. The molecule has 0 unspecified atom stereocenters. The Balaban J connectivity index is -0.000000127. The second-order valence-corrected chi connectivity index (χ2v) is 3.92. The molecule has 0 aliphatic carbocycles. The molecule has 0 bridgehead atoms. The van der Waals surface area contributed by atoms with Crippen LogP contribution in [0.15, 0.2) is 42.5 Å². The van der Waals surface area contributed by atoms with Crippen molar-refractivity contribution >= 4 is 4.57 Å². The van der Waals surface area contributed by atoms with Crippen molar-refractivity contribution < 1.29 is 48.6 Å². The van der Waals surface area contributed by atoms with Gasteiger partial charge in [0, 0.05) is 0 Å². The topological polar surface area (TPSA) is 118 Å². The zero-order chi connectivity index (χ0) is 21.6. The number of ether oxygens (including phenoxy) is 2. The van der Waals surface area contributed by atoms with E-state index in [1.807, 2.05) is 36.4 Å². The quantitative estimate of drug-likeness (QED) is 0.400. The van der Waals surface area contributed by atoms with E-state index < -0.39 is 0 Å². The first-order valence-electron chi connectivity index (χ1n) is 6.24. The molecular formula is C18H16CrO7. The number of hydrogen-bond donors (Lipinski definition) is 0. The second-order valence-electron chi connectivity index (χ2n) is 3.21. The third-order valence-electron chi connectivity index (χ3n) is 2.00. The van der Waals surface area contributed by atoms with Gasteiger partial charge < -0.3 is 0 Å². The fourth-order valence-corrected chi connectivity index (χ4v) is 1.33. The van der Waals surface area contributed by atoms with Gasteiger partial charge in [0.2, 0.25) is 0 Å². The van der Waals surface area contributed by atoms with E-state index in [1.165, 1.54) is 0 Å². The van der Waals surface area contributed by atoms with E-state index in [4.69, 9.17) is 32.7 Å². The van der Waals surface area contributed by atoms with E-state index in [-0.39, 0.29) is 0 Å². The minimum absolute atomic E-state index is 0.611. The molecule has 0 fully saturated rings. The standard InChI is InChI=1S/C13H16O2.5CO.Cr/c1-14-11-7-2-3-8-12-15-13-9-5-4-6-10-13;5*1-2;/h3-6,8-10H,2,7,12H2,1H3;;;;;;/b8-3+;;;;;;. The molecule has 136 valence electrons. The van der Waals surface area contributed by atoms with Crippen LogP contribution in [0.25, 0.3) is 0 Å². The summed E-state index contributed by atoms with van der Waals surface area (Å²) < 4.78 is 49.0. The van der Waals surface area contributed by atoms with Crippen molar-refractivity contribution in [2.45, 2.75) is 12.8 Å². The molecule has 8 heteroatoms. The van der Waals surface area contributed by atoms with E-state index in [9.17, 15) is 0 Å². The van der Waals surface area contributed by atoms with Crippen LogP contribution < -0.4 is 4.74 Å². The zero-order valence-corrected chi connectivity index (χ0v) is 15.2. The van der Waals surface area contributed by atoms with E-state index >= 15 is 0 Å². The van der Waals surface area contributed by atoms with Gasteiger partial charge in [0.1, 0.15) is 0 Å². The summed E-state index contributed by atoms with van der Waals surface area (Å²) in [6.45, 7) is 23.1. The summed E-state index contributed by atoms with van der Waals surface area (Å²) >= 11 is 2.87. The van der Waals surface area contributed by atoms with Gasteiger partial charge in [-0.05, 0) is 0 Å². The van der Waals surface area contributed by atoms with Crippen LogP contribution in [0, 0.1) is 33.3 Å². The molecule has 0 spiro atoms. The summed E-state index contributed by atoms with van der Waals surface area (Å²) in [5, 5.41) is 0. The fourth-order valence-electron chi connectivity index (χ4n) is 1.15. The summed E-state index contributed by atoms with van der Waals surface area (Å²) in [5.74, 6) is 0.903. The third-order valence-corrected chi connectivity index (χ3v) is 2.58. The molecule has 1 aromatic rings. The van der Waals surface area contributed by atoms with Gasteiger partial charge in [-0.2, -0.15) is 0 Å². The van der Waals surface area contributed by atoms with Gasteiger partial charge in [0.05, 0.1) is 0 Å². The second kappa shape index (κ2) is 43.4. The summed E-state index contributed by atoms with van der Waals surface area (Å²) in [6.07, 6.45) is 6.00. The van der Waals surface area contributed by atoms with Crippen molar-refractivity contribution in [3.05, 3.63) is 75.7 Å². The Morgan fingerprint density at radius 2 is 1.35 bits per heavy atom. The molecule has 0 N–H and O–H groups in total. The van der Waals surface area contributed by atoms with Gasteiger partial charge in [-0.15, -0.1) is 0 Å². The average Bonchev–Trinajstić information content (AvgIpc) is 2.78. The molecule has 0 aromatic heterocycles. The van der Waals surface area contributed by atoms with Crippen molar-refractivity contribution in [2.75, 3.05) is 13.7 Å². The normalized spacial score (nSPS) is 6.88. The molecule has 1 rings (SSSR count). The van der Waals surface area contributed by atoms with Crippen molar-refractivity contribution in [1.29, 1.82) is 0 Å².